The lowest BCUT2D eigenvalue weighted by Crippen LogP contribution is -2.47. The van der Waals surface area contributed by atoms with Crippen LogP contribution in [-0.2, 0) is 4.79 Å². The van der Waals surface area contributed by atoms with Crippen LogP contribution in [0.2, 0.25) is 0 Å². The van der Waals surface area contributed by atoms with Crippen molar-refractivity contribution in [3.63, 3.8) is 0 Å². The van der Waals surface area contributed by atoms with E-state index in [0.29, 0.717) is 17.1 Å². The molecule has 6 heteroatoms. The molecule has 20 heavy (non-hydrogen) atoms. The third-order valence-corrected chi connectivity index (χ3v) is 4.33. The molecule has 1 amide bonds. The molecular formula is C14H18F2N2OS. The van der Waals surface area contributed by atoms with Gasteiger partial charge >= 0.3 is 0 Å². The van der Waals surface area contributed by atoms with E-state index in [1.165, 1.54) is 23.9 Å². The summed E-state index contributed by atoms with van der Waals surface area (Å²) in [6.07, 6.45) is 0.424. The first kappa shape index (κ1) is 15.3. The monoisotopic (exact) mass is 300 g/mol. The molecule has 0 spiro atoms. The van der Waals surface area contributed by atoms with Crippen LogP contribution in [0, 0.1) is 11.6 Å². The van der Waals surface area contributed by atoms with Gasteiger partial charge in [0.2, 0.25) is 5.91 Å². The number of benzene rings is 1. The summed E-state index contributed by atoms with van der Waals surface area (Å²) in [6.45, 7) is 3.35. The van der Waals surface area contributed by atoms with Gasteiger partial charge in [0.15, 0.2) is 11.6 Å². The van der Waals surface area contributed by atoms with E-state index in [1.54, 1.807) is 0 Å². The number of carbonyl (C=O) groups is 1. The number of carbonyl (C=O) groups excluding carboxylic acids is 1. The predicted octanol–water partition coefficient (Wildman–Crippen LogP) is 2.22. The summed E-state index contributed by atoms with van der Waals surface area (Å²) in [5.41, 5.74) is 0. The Morgan fingerprint density at radius 3 is 2.55 bits per heavy atom. The topological polar surface area (TPSA) is 23.6 Å². The maximum absolute atomic E-state index is 13.0. The number of hydrogen-bond donors (Lipinski definition) is 0. The van der Waals surface area contributed by atoms with E-state index in [9.17, 15) is 13.6 Å². The van der Waals surface area contributed by atoms with E-state index in [2.05, 4.69) is 4.90 Å². The van der Waals surface area contributed by atoms with Crippen LogP contribution >= 0.6 is 11.8 Å². The molecule has 0 bridgehead atoms. The van der Waals surface area contributed by atoms with Crippen LogP contribution in [0.4, 0.5) is 8.78 Å². The van der Waals surface area contributed by atoms with Gasteiger partial charge in [-0.15, -0.1) is 11.8 Å². The fourth-order valence-corrected chi connectivity index (χ4v) is 2.90. The standard InChI is InChI=1S/C14H18F2N2OS/c1-17-5-7-18(8-6-17)14(19)4-9-20-11-2-3-12(15)13(16)10-11/h2-3,10H,4-9H2,1H3. The van der Waals surface area contributed by atoms with Crippen LogP contribution < -0.4 is 0 Å². The highest BCUT2D eigenvalue weighted by Crippen LogP contribution is 2.21. The average Bonchev–Trinajstić information content (AvgIpc) is 2.43. The SMILES string of the molecule is CN1CCN(C(=O)CCSc2ccc(F)c(F)c2)CC1. The predicted molar refractivity (Wildman–Crippen MR) is 75.8 cm³/mol. The first-order valence-corrected chi connectivity index (χ1v) is 7.59. The molecule has 1 saturated heterocycles. The third kappa shape index (κ3) is 4.18. The Labute approximate surface area is 121 Å². The first-order valence-electron chi connectivity index (χ1n) is 6.60. The Hall–Kier alpha value is -1.14. The lowest BCUT2D eigenvalue weighted by molar-refractivity contribution is -0.132. The molecule has 0 atom stereocenters. The molecule has 0 aromatic heterocycles. The Bertz CT molecular complexity index is 476. The van der Waals surface area contributed by atoms with Crippen molar-refractivity contribution in [2.24, 2.45) is 0 Å². The van der Waals surface area contributed by atoms with Gasteiger partial charge in [0.1, 0.15) is 0 Å². The number of hydrogen-bond acceptors (Lipinski definition) is 3. The van der Waals surface area contributed by atoms with Gasteiger partial charge in [0, 0.05) is 43.2 Å². The molecular weight excluding hydrogens is 282 g/mol. The van der Waals surface area contributed by atoms with Crippen LogP contribution in [0.15, 0.2) is 23.1 Å². The molecule has 0 aliphatic carbocycles. The number of rotatable bonds is 4. The second-order valence-corrected chi connectivity index (χ2v) is 6.03. The average molecular weight is 300 g/mol. The zero-order chi connectivity index (χ0) is 14.5. The summed E-state index contributed by atoms with van der Waals surface area (Å²) in [5.74, 6) is -0.979. The minimum atomic E-state index is -0.847. The van der Waals surface area contributed by atoms with Gasteiger partial charge in [-0.3, -0.25) is 4.79 Å². The molecule has 0 radical (unpaired) electrons. The lowest BCUT2D eigenvalue weighted by atomic mass is 10.3. The first-order chi connectivity index (χ1) is 9.56. The lowest BCUT2D eigenvalue weighted by Gasteiger charge is -2.32. The molecule has 2 rings (SSSR count). The van der Waals surface area contributed by atoms with E-state index in [1.807, 2.05) is 11.9 Å². The zero-order valence-electron chi connectivity index (χ0n) is 11.4. The highest BCUT2D eigenvalue weighted by molar-refractivity contribution is 7.99. The zero-order valence-corrected chi connectivity index (χ0v) is 12.3. The van der Waals surface area contributed by atoms with Crippen LogP contribution in [0.25, 0.3) is 0 Å². The molecule has 1 aromatic rings. The highest BCUT2D eigenvalue weighted by atomic mass is 32.2. The maximum atomic E-state index is 13.0. The molecule has 0 unspecified atom stereocenters. The van der Waals surface area contributed by atoms with Crippen molar-refractivity contribution in [2.75, 3.05) is 39.0 Å². The summed E-state index contributed by atoms with van der Waals surface area (Å²) >= 11 is 1.37. The van der Waals surface area contributed by atoms with E-state index in [0.717, 1.165) is 32.2 Å². The number of thioether (sulfide) groups is 1. The van der Waals surface area contributed by atoms with Crippen molar-refractivity contribution in [3.8, 4) is 0 Å². The number of likely N-dealkylation sites (N-methyl/N-ethyl adjacent to an activating group) is 1. The molecule has 1 aliphatic heterocycles. The van der Waals surface area contributed by atoms with Gasteiger partial charge < -0.3 is 9.80 Å². The van der Waals surface area contributed by atoms with Crippen molar-refractivity contribution in [3.05, 3.63) is 29.8 Å². The van der Waals surface area contributed by atoms with Crippen molar-refractivity contribution in [1.29, 1.82) is 0 Å². The quantitative estimate of drug-likeness (QED) is 0.797. The Balaban J connectivity index is 1.75. The van der Waals surface area contributed by atoms with Gasteiger partial charge in [-0.2, -0.15) is 0 Å². The number of halogens is 2. The van der Waals surface area contributed by atoms with E-state index >= 15 is 0 Å². The fraction of sp³-hybridized carbons (Fsp3) is 0.500. The summed E-state index contributed by atoms with van der Waals surface area (Å²) in [7, 11) is 2.04. The smallest absolute Gasteiger partial charge is 0.223 e. The van der Waals surface area contributed by atoms with Crippen molar-refractivity contribution in [2.45, 2.75) is 11.3 Å². The largest absolute Gasteiger partial charge is 0.340 e. The normalized spacial score (nSPS) is 16.4. The van der Waals surface area contributed by atoms with Gasteiger partial charge in [0.05, 0.1) is 0 Å². The van der Waals surface area contributed by atoms with Crippen LogP contribution in [0.5, 0.6) is 0 Å². The molecule has 1 fully saturated rings. The second kappa shape index (κ2) is 7.04. The van der Waals surface area contributed by atoms with E-state index < -0.39 is 11.6 Å². The number of amides is 1. The van der Waals surface area contributed by atoms with Crippen LogP contribution in [-0.4, -0.2) is 54.7 Å². The molecule has 0 N–H and O–H groups in total. The van der Waals surface area contributed by atoms with Gasteiger partial charge in [0.25, 0.3) is 0 Å². The minimum Gasteiger partial charge on any atom is -0.340 e. The molecule has 1 heterocycles. The summed E-state index contributed by atoms with van der Waals surface area (Å²) in [6, 6.07) is 3.81. The number of piperazine rings is 1. The van der Waals surface area contributed by atoms with Gasteiger partial charge in [-0.05, 0) is 25.2 Å². The molecule has 110 valence electrons. The molecule has 1 aromatic carbocycles. The Kier molecular flexibility index (Phi) is 5.37. The van der Waals surface area contributed by atoms with Gasteiger partial charge in [-0.25, -0.2) is 8.78 Å². The Morgan fingerprint density at radius 1 is 1.20 bits per heavy atom. The van der Waals surface area contributed by atoms with Crippen molar-refractivity contribution >= 4 is 17.7 Å². The maximum Gasteiger partial charge on any atom is 0.223 e. The van der Waals surface area contributed by atoms with E-state index in [-0.39, 0.29) is 5.91 Å². The summed E-state index contributed by atoms with van der Waals surface area (Å²) in [4.78, 5) is 16.7. The summed E-state index contributed by atoms with van der Waals surface area (Å²) in [5, 5.41) is 0. The van der Waals surface area contributed by atoms with Gasteiger partial charge in [-0.1, -0.05) is 0 Å². The Morgan fingerprint density at radius 2 is 1.90 bits per heavy atom. The van der Waals surface area contributed by atoms with Crippen molar-refractivity contribution < 1.29 is 13.6 Å². The number of nitrogens with zero attached hydrogens (tertiary/aromatic N) is 2. The van der Waals surface area contributed by atoms with E-state index in [4.69, 9.17) is 0 Å². The van der Waals surface area contributed by atoms with Crippen LogP contribution in [0.1, 0.15) is 6.42 Å². The highest BCUT2D eigenvalue weighted by Gasteiger charge is 2.18. The third-order valence-electron chi connectivity index (χ3n) is 3.33. The molecule has 3 nitrogen and oxygen atoms in total. The molecule has 1 aliphatic rings. The van der Waals surface area contributed by atoms with Crippen molar-refractivity contribution in [1.82, 2.24) is 9.80 Å². The van der Waals surface area contributed by atoms with Crippen LogP contribution in [0.3, 0.4) is 0 Å². The summed E-state index contributed by atoms with van der Waals surface area (Å²) < 4.78 is 25.8. The fourth-order valence-electron chi connectivity index (χ4n) is 2.04. The minimum absolute atomic E-state index is 0.133. The molecule has 0 saturated carbocycles. The second-order valence-electron chi connectivity index (χ2n) is 4.86.